The van der Waals surface area contributed by atoms with Gasteiger partial charge < -0.3 is 9.47 Å². The van der Waals surface area contributed by atoms with Crippen LogP contribution < -0.4 is 4.74 Å². The van der Waals surface area contributed by atoms with Crippen molar-refractivity contribution in [1.82, 2.24) is 0 Å². The molecule has 1 saturated carbocycles. The first-order valence-corrected chi connectivity index (χ1v) is 7.79. The van der Waals surface area contributed by atoms with E-state index < -0.39 is 0 Å². The monoisotopic (exact) mass is 280 g/mol. The third-order valence-electron chi connectivity index (χ3n) is 4.34. The van der Waals surface area contributed by atoms with E-state index in [0.717, 1.165) is 30.8 Å². The molecule has 1 aromatic carbocycles. The molecule has 3 heteroatoms. The summed E-state index contributed by atoms with van der Waals surface area (Å²) in [7, 11) is 0. The first-order chi connectivity index (χ1) is 9.30. The Morgan fingerprint density at radius 2 is 1.95 bits per heavy atom. The number of benzene rings is 1. The number of halogens is 1. The number of hydrogen-bond acceptors (Lipinski definition) is 2. The number of ether oxygens (including phenoxy) is 2. The Morgan fingerprint density at radius 3 is 2.63 bits per heavy atom. The van der Waals surface area contributed by atoms with Crippen LogP contribution in [0.1, 0.15) is 44.1 Å². The van der Waals surface area contributed by atoms with Crippen LogP contribution in [0, 0.1) is 0 Å². The van der Waals surface area contributed by atoms with Gasteiger partial charge in [0.25, 0.3) is 0 Å². The zero-order valence-electron chi connectivity index (χ0n) is 11.2. The minimum absolute atomic E-state index is 0.124. The van der Waals surface area contributed by atoms with E-state index in [1.165, 1.54) is 25.7 Å². The summed E-state index contributed by atoms with van der Waals surface area (Å²) in [6.07, 6.45) is 7.36. The zero-order valence-corrected chi connectivity index (χ0v) is 12.0. The molecule has 0 bridgehead atoms. The van der Waals surface area contributed by atoms with Crippen LogP contribution in [0.5, 0.6) is 5.75 Å². The van der Waals surface area contributed by atoms with Crippen molar-refractivity contribution in [2.75, 3.05) is 6.61 Å². The zero-order chi connectivity index (χ0) is 13.1. The molecule has 3 rings (SSSR count). The standard InChI is InChI=1S/C16H21ClO2/c17-12-13-3-5-14(6-4-13)19-15-7-10-18-16(11-15)8-1-2-9-16/h3-6,15H,1-2,7-12H2. The van der Waals surface area contributed by atoms with E-state index >= 15 is 0 Å². The van der Waals surface area contributed by atoms with Crippen molar-refractivity contribution in [3.8, 4) is 5.75 Å². The molecule has 1 saturated heterocycles. The molecule has 2 fully saturated rings. The lowest BCUT2D eigenvalue weighted by Crippen LogP contribution is -2.41. The maximum absolute atomic E-state index is 6.12. The van der Waals surface area contributed by atoms with Crippen LogP contribution in [-0.2, 0) is 10.6 Å². The molecule has 1 aliphatic heterocycles. The molecule has 1 unspecified atom stereocenters. The van der Waals surface area contributed by atoms with Crippen LogP contribution in [0.4, 0.5) is 0 Å². The van der Waals surface area contributed by atoms with Gasteiger partial charge in [-0.25, -0.2) is 0 Å². The molecular weight excluding hydrogens is 260 g/mol. The molecule has 104 valence electrons. The lowest BCUT2D eigenvalue weighted by Gasteiger charge is -2.38. The van der Waals surface area contributed by atoms with Crippen LogP contribution in [0.3, 0.4) is 0 Å². The normalized spacial score (nSPS) is 25.6. The molecule has 1 spiro atoms. The Labute approximate surface area is 120 Å². The second kappa shape index (κ2) is 5.72. The van der Waals surface area contributed by atoms with Crippen LogP contribution in [0.2, 0.25) is 0 Å². The summed E-state index contributed by atoms with van der Waals surface area (Å²) in [4.78, 5) is 0. The van der Waals surface area contributed by atoms with E-state index in [1.807, 2.05) is 24.3 Å². The van der Waals surface area contributed by atoms with E-state index in [0.29, 0.717) is 12.0 Å². The Balaban J connectivity index is 1.62. The average Bonchev–Trinajstić information content (AvgIpc) is 2.88. The fraction of sp³-hybridized carbons (Fsp3) is 0.625. The molecule has 1 aromatic rings. The van der Waals surface area contributed by atoms with Gasteiger partial charge >= 0.3 is 0 Å². The van der Waals surface area contributed by atoms with Gasteiger partial charge in [-0.15, -0.1) is 11.6 Å². The lowest BCUT2D eigenvalue weighted by molar-refractivity contribution is -0.108. The molecule has 2 nitrogen and oxygen atoms in total. The highest BCUT2D eigenvalue weighted by molar-refractivity contribution is 6.17. The predicted octanol–water partition coefficient (Wildman–Crippen LogP) is 4.30. The average molecular weight is 281 g/mol. The smallest absolute Gasteiger partial charge is 0.119 e. The van der Waals surface area contributed by atoms with Crippen LogP contribution in [0.15, 0.2) is 24.3 Å². The molecule has 2 aliphatic rings. The van der Waals surface area contributed by atoms with E-state index in [9.17, 15) is 0 Å². The Hall–Kier alpha value is -0.730. The van der Waals surface area contributed by atoms with E-state index in [-0.39, 0.29) is 5.60 Å². The molecule has 19 heavy (non-hydrogen) atoms. The van der Waals surface area contributed by atoms with Gasteiger partial charge in [0, 0.05) is 18.7 Å². The van der Waals surface area contributed by atoms with Gasteiger partial charge in [-0.3, -0.25) is 0 Å². The molecule has 1 aliphatic carbocycles. The van der Waals surface area contributed by atoms with Crippen LogP contribution >= 0.6 is 11.6 Å². The molecule has 0 amide bonds. The topological polar surface area (TPSA) is 18.5 Å². The first-order valence-electron chi connectivity index (χ1n) is 7.25. The largest absolute Gasteiger partial charge is 0.490 e. The Kier molecular flexibility index (Phi) is 3.99. The highest BCUT2D eigenvalue weighted by Crippen LogP contribution is 2.40. The van der Waals surface area contributed by atoms with Gasteiger partial charge in [0.15, 0.2) is 0 Å². The van der Waals surface area contributed by atoms with Crippen LogP contribution in [0.25, 0.3) is 0 Å². The summed E-state index contributed by atoms with van der Waals surface area (Å²) in [5, 5.41) is 0. The molecule has 1 heterocycles. The van der Waals surface area contributed by atoms with Crippen molar-refractivity contribution in [2.45, 2.75) is 56.1 Å². The minimum atomic E-state index is 0.124. The summed E-state index contributed by atoms with van der Waals surface area (Å²) < 4.78 is 12.2. The second-order valence-electron chi connectivity index (χ2n) is 5.75. The van der Waals surface area contributed by atoms with E-state index in [1.54, 1.807) is 0 Å². The van der Waals surface area contributed by atoms with Gasteiger partial charge in [-0.2, -0.15) is 0 Å². The number of hydrogen-bond donors (Lipinski definition) is 0. The fourth-order valence-corrected chi connectivity index (χ4v) is 3.48. The van der Waals surface area contributed by atoms with E-state index in [4.69, 9.17) is 21.1 Å². The molecular formula is C16H21ClO2. The molecule has 1 atom stereocenters. The Bertz CT molecular complexity index is 409. The summed E-state index contributed by atoms with van der Waals surface area (Å²) in [5.41, 5.74) is 1.26. The maximum Gasteiger partial charge on any atom is 0.119 e. The van der Waals surface area contributed by atoms with Crippen molar-refractivity contribution < 1.29 is 9.47 Å². The second-order valence-corrected chi connectivity index (χ2v) is 6.02. The van der Waals surface area contributed by atoms with Gasteiger partial charge in [-0.1, -0.05) is 25.0 Å². The predicted molar refractivity (Wildman–Crippen MR) is 76.8 cm³/mol. The number of alkyl halides is 1. The van der Waals surface area contributed by atoms with Gasteiger partial charge in [0.2, 0.25) is 0 Å². The van der Waals surface area contributed by atoms with Crippen molar-refractivity contribution >= 4 is 11.6 Å². The maximum atomic E-state index is 6.12. The SMILES string of the molecule is ClCc1ccc(OC2CCOC3(CCCC3)C2)cc1. The molecule has 0 radical (unpaired) electrons. The third-order valence-corrected chi connectivity index (χ3v) is 4.65. The highest BCUT2D eigenvalue weighted by Gasteiger charge is 2.40. The van der Waals surface area contributed by atoms with Crippen molar-refractivity contribution in [2.24, 2.45) is 0 Å². The van der Waals surface area contributed by atoms with Gasteiger partial charge in [-0.05, 0) is 30.5 Å². The summed E-state index contributed by atoms with van der Waals surface area (Å²) in [6, 6.07) is 8.11. The van der Waals surface area contributed by atoms with Crippen molar-refractivity contribution in [3.05, 3.63) is 29.8 Å². The van der Waals surface area contributed by atoms with Gasteiger partial charge in [0.1, 0.15) is 11.9 Å². The highest BCUT2D eigenvalue weighted by atomic mass is 35.5. The van der Waals surface area contributed by atoms with E-state index in [2.05, 4.69) is 0 Å². The molecule has 0 N–H and O–H groups in total. The van der Waals surface area contributed by atoms with Crippen molar-refractivity contribution in [3.63, 3.8) is 0 Å². The summed E-state index contributed by atoms with van der Waals surface area (Å²) in [5.74, 6) is 1.51. The minimum Gasteiger partial charge on any atom is -0.490 e. The fourth-order valence-electron chi connectivity index (χ4n) is 3.30. The first kappa shape index (κ1) is 13.3. The lowest BCUT2D eigenvalue weighted by atomic mass is 9.90. The Morgan fingerprint density at radius 1 is 1.21 bits per heavy atom. The summed E-state index contributed by atoms with van der Waals surface area (Å²) >= 11 is 5.80. The number of rotatable bonds is 3. The van der Waals surface area contributed by atoms with Crippen LogP contribution in [-0.4, -0.2) is 18.3 Å². The summed E-state index contributed by atoms with van der Waals surface area (Å²) in [6.45, 7) is 0.838. The molecule has 0 aromatic heterocycles. The van der Waals surface area contributed by atoms with Crippen molar-refractivity contribution in [1.29, 1.82) is 0 Å². The quantitative estimate of drug-likeness (QED) is 0.769. The van der Waals surface area contributed by atoms with Gasteiger partial charge in [0.05, 0.1) is 12.2 Å². The third kappa shape index (κ3) is 3.06.